The summed E-state index contributed by atoms with van der Waals surface area (Å²) in [5.41, 5.74) is 2.42. The fourth-order valence-electron chi connectivity index (χ4n) is 3.74. The number of methoxy groups -OCH3 is 1. The maximum atomic E-state index is 12.9. The second-order valence-electron chi connectivity index (χ2n) is 6.89. The molecule has 26 heavy (non-hydrogen) atoms. The van der Waals surface area contributed by atoms with Gasteiger partial charge in [-0.1, -0.05) is 12.1 Å². The van der Waals surface area contributed by atoms with E-state index in [0.29, 0.717) is 6.61 Å². The summed E-state index contributed by atoms with van der Waals surface area (Å²) in [6.07, 6.45) is 0.723. The first-order valence-electron chi connectivity index (χ1n) is 9.05. The van der Waals surface area contributed by atoms with Crippen molar-refractivity contribution in [2.75, 3.05) is 39.9 Å². The molecule has 2 aliphatic heterocycles. The number of nitrogens with zero attached hydrogens (tertiary/aromatic N) is 2. The van der Waals surface area contributed by atoms with E-state index in [1.165, 1.54) is 5.56 Å². The van der Waals surface area contributed by atoms with Crippen molar-refractivity contribution in [2.24, 2.45) is 5.92 Å². The van der Waals surface area contributed by atoms with Crippen molar-refractivity contribution >= 4 is 17.2 Å². The number of carbonyl (C=O) groups excluding carboxylic acids is 1. The van der Waals surface area contributed by atoms with Gasteiger partial charge in [-0.2, -0.15) is 11.3 Å². The molecule has 1 aromatic heterocycles. The third-order valence-corrected chi connectivity index (χ3v) is 5.93. The number of amides is 1. The monoisotopic (exact) mass is 372 g/mol. The number of hydrogen-bond donors (Lipinski definition) is 0. The van der Waals surface area contributed by atoms with Crippen LogP contribution < -0.4 is 9.47 Å². The number of ether oxygens (including phenoxy) is 2. The number of hydrogen-bond acceptors (Lipinski definition) is 5. The Morgan fingerprint density at radius 2 is 2.12 bits per heavy atom. The van der Waals surface area contributed by atoms with Gasteiger partial charge in [-0.15, -0.1) is 0 Å². The van der Waals surface area contributed by atoms with Crippen molar-refractivity contribution in [3.05, 3.63) is 46.2 Å². The molecule has 0 radical (unpaired) electrons. The molecule has 1 amide bonds. The summed E-state index contributed by atoms with van der Waals surface area (Å²) >= 11 is 1.74. The summed E-state index contributed by atoms with van der Waals surface area (Å²) in [6, 6.07) is 8.05. The lowest BCUT2D eigenvalue weighted by atomic mass is 9.95. The lowest BCUT2D eigenvalue weighted by Crippen LogP contribution is -2.51. The molecule has 6 heteroatoms. The van der Waals surface area contributed by atoms with E-state index in [9.17, 15) is 4.79 Å². The SMILES string of the molecule is COc1cccc2c1OC[C@@H](C(=O)N1CCN(Cc3ccsc3)CC1)C2. The minimum Gasteiger partial charge on any atom is -0.493 e. The summed E-state index contributed by atoms with van der Waals surface area (Å²) in [7, 11) is 1.64. The molecule has 2 aliphatic rings. The Hall–Kier alpha value is -2.05. The van der Waals surface area contributed by atoms with Crippen LogP contribution in [0.3, 0.4) is 0 Å². The fraction of sp³-hybridized carbons (Fsp3) is 0.450. The van der Waals surface area contributed by atoms with Crippen LogP contribution in [0.25, 0.3) is 0 Å². The number of benzene rings is 1. The predicted octanol–water partition coefficient (Wildman–Crippen LogP) is 2.65. The molecule has 1 atom stereocenters. The van der Waals surface area contributed by atoms with Crippen molar-refractivity contribution in [1.82, 2.24) is 9.80 Å². The average Bonchev–Trinajstić information content (AvgIpc) is 3.20. The predicted molar refractivity (Wildman–Crippen MR) is 102 cm³/mol. The Labute approximate surface area is 158 Å². The van der Waals surface area contributed by atoms with Crippen molar-refractivity contribution in [3.63, 3.8) is 0 Å². The largest absolute Gasteiger partial charge is 0.493 e. The molecular formula is C20H24N2O3S. The first-order chi connectivity index (χ1) is 12.7. The Morgan fingerprint density at radius 3 is 2.85 bits per heavy atom. The average molecular weight is 372 g/mol. The fourth-order valence-corrected chi connectivity index (χ4v) is 4.40. The molecule has 138 valence electrons. The van der Waals surface area contributed by atoms with E-state index in [2.05, 4.69) is 21.7 Å². The van der Waals surface area contributed by atoms with Gasteiger partial charge in [0.05, 0.1) is 13.0 Å². The van der Waals surface area contributed by atoms with Gasteiger partial charge in [0.2, 0.25) is 5.91 Å². The molecule has 0 spiro atoms. The second kappa shape index (κ2) is 7.68. The van der Waals surface area contributed by atoms with Gasteiger partial charge in [-0.25, -0.2) is 0 Å². The number of piperazine rings is 1. The van der Waals surface area contributed by atoms with Crippen LogP contribution in [0.15, 0.2) is 35.0 Å². The number of thiophene rings is 1. The van der Waals surface area contributed by atoms with Gasteiger partial charge in [-0.3, -0.25) is 9.69 Å². The van der Waals surface area contributed by atoms with E-state index in [1.54, 1.807) is 18.4 Å². The van der Waals surface area contributed by atoms with Crippen molar-refractivity contribution in [3.8, 4) is 11.5 Å². The number of rotatable bonds is 4. The standard InChI is InChI=1S/C20H24N2O3S/c1-24-18-4-2-3-16-11-17(13-25-19(16)18)20(23)22-8-6-21(7-9-22)12-15-5-10-26-14-15/h2-5,10,14,17H,6-9,11-13H2,1H3/t17-/m0/s1. The van der Waals surface area contributed by atoms with E-state index < -0.39 is 0 Å². The molecule has 5 nitrogen and oxygen atoms in total. The zero-order valence-corrected chi connectivity index (χ0v) is 15.8. The normalized spacial score (nSPS) is 20.3. The van der Waals surface area contributed by atoms with Crippen molar-refractivity contribution < 1.29 is 14.3 Å². The van der Waals surface area contributed by atoms with Gasteiger partial charge < -0.3 is 14.4 Å². The Bertz CT molecular complexity index is 754. The van der Waals surface area contributed by atoms with Crippen LogP contribution in [0, 0.1) is 5.92 Å². The highest BCUT2D eigenvalue weighted by Crippen LogP contribution is 2.36. The first kappa shape index (κ1) is 17.4. The molecule has 0 aliphatic carbocycles. The molecule has 0 N–H and O–H groups in total. The third-order valence-electron chi connectivity index (χ3n) is 5.20. The Morgan fingerprint density at radius 1 is 1.27 bits per heavy atom. The molecule has 0 unspecified atom stereocenters. The van der Waals surface area contributed by atoms with Gasteiger partial charge in [-0.05, 0) is 40.4 Å². The summed E-state index contributed by atoms with van der Waals surface area (Å²) < 4.78 is 11.2. The van der Waals surface area contributed by atoms with Gasteiger partial charge in [0.15, 0.2) is 11.5 Å². The highest BCUT2D eigenvalue weighted by atomic mass is 32.1. The maximum Gasteiger partial charge on any atom is 0.229 e. The zero-order chi connectivity index (χ0) is 17.9. The molecule has 0 bridgehead atoms. The minimum absolute atomic E-state index is 0.0990. The van der Waals surface area contributed by atoms with Gasteiger partial charge in [0.25, 0.3) is 0 Å². The van der Waals surface area contributed by atoms with Gasteiger partial charge in [0.1, 0.15) is 6.61 Å². The molecular weight excluding hydrogens is 348 g/mol. The second-order valence-corrected chi connectivity index (χ2v) is 7.67. The quantitative estimate of drug-likeness (QED) is 0.828. The molecule has 1 saturated heterocycles. The summed E-state index contributed by atoms with van der Waals surface area (Å²) in [4.78, 5) is 17.4. The van der Waals surface area contributed by atoms with E-state index >= 15 is 0 Å². The highest BCUT2D eigenvalue weighted by molar-refractivity contribution is 7.07. The minimum atomic E-state index is -0.0990. The van der Waals surface area contributed by atoms with Crippen molar-refractivity contribution in [1.29, 1.82) is 0 Å². The van der Waals surface area contributed by atoms with Crippen LogP contribution in [0.4, 0.5) is 0 Å². The summed E-state index contributed by atoms with van der Waals surface area (Å²) in [5.74, 6) is 1.65. The number of carbonyl (C=O) groups is 1. The van der Waals surface area contributed by atoms with Crippen LogP contribution >= 0.6 is 11.3 Å². The molecule has 3 heterocycles. The van der Waals surface area contributed by atoms with E-state index in [1.807, 2.05) is 23.1 Å². The maximum absolute atomic E-state index is 12.9. The lowest BCUT2D eigenvalue weighted by molar-refractivity contribution is -0.138. The van der Waals surface area contributed by atoms with Crippen LogP contribution in [0.5, 0.6) is 11.5 Å². The summed E-state index contributed by atoms with van der Waals surface area (Å²) in [6.45, 7) is 4.86. The number of fused-ring (bicyclic) bond motifs is 1. The smallest absolute Gasteiger partial charge is 0.229 e. The van der Waals surface area contributed by atoms with E-state index in [0.717, 1.165) is 56.2 Å². The first-order valence-corrected chi connectivity index (χ1v) is 10.00. The van der Waals surface area contributed by atoms with Gasteiger partial charge >= 0.3 is 0 Å². The Balaban J connectivity index is 1.34. The summed E-state index contributed by atoms with van der Waals surface area (Å²) in [5, 5.41) is 4.31. The molecule has 0 saturated carbocycles. The zero-order valence-electron chi connectivity index (χ0n) is 15.0. The lowest BCUT2D eigenvalue weighted by Gasteiger charge is -2.37. The topological polar surface area (TPSA) is 42.0 Å². The van der Waals surface area contributed by atoms with Crippen LogP contribution in [0.2, 0.25) is 0 Å². The molecule has 2 aromatic rings. The molecule has 4 rings (SSSR count). The molecule has 1 aromatic carbocycles. The van der Waals surface area contributed by atoms with E-state index in [-0.39, 0.29) is 11.8 Å². The van der Waals surface area contributed by atoms with Gasteiger partial charge in [0, 0.05) is 32.7 Å². The third kappa shape index (κ3) is 3.57. The van der Waals surface area contributed by atoms with Crippen LogP contribution in [-0.2, 0) is 17.8 Å². The van der Waals surface area contributed by atoms with Crippen LogP contribution in [0.1, 0.15) is 11.1 Å². The highest BCUT2D eigenvalue weighted by Gasteiger charge is 2.32. The van der Waals surface area contributed by atoms with E-state index in [4.69, 9.17) is 9.47 Å². The van der Waals surface area contributed by atoms with Crippen molar-refractivity contribution in [2.45, 2.75) is 13.0 Å². The molecule has 1 fully saturated rings. The Kier molecular flexibility index (Phi) is 5.13. The van der Waals surface area contributed by atoms with Crippen LogP contribution in [-0.4, -0.2) is 55.6 Å². The number of para-hydroxylation sites is 1.